The average Bonchev–Trinajstić information content (AvgIpc) is 2.93. The summed E-state index contributed by atoms with van der Waals surface area (Å²) in [7, 11) is -4.11. The van der Waals surface area contributed by atoms with Gasteiger partial charge >= 0.3 is 0 Å². The third-order valence-electron chi connectivity index (χ3n) is 5.21. The van der Waals surface area contributed by atoms with Gasteiger partial charge in [-0.3, -0.25) is 9.59 Å². The Morgan fingerprint density at radius 3 is 2.11 bits per heavy atom. The van der Waals surface area contributed by atoms with Crippen molar-refractivity contribution in [3.63, 3.8) is 0 Å². The molecule has 0 spiro atoms. The van der Waals surface area contributed by atoms with E-state index < -0.39 is 20.7 Å². The van der Waals surface area contributed by atoms with Crippen LogP contribution in [0.25, 0.3) is 0 Å². The first kappa shape index (κ1) is 19.8. The molecule has 1 N–H and O–H groups in total. The van der Waals surface area contributed by atoms with Crippen molar-refractivity contribution in [1.29, 1.82) is 0 Å². The fourth-order valence-electron chi connectivity index (χ4n) is 3.58. The van der Waals surface area contributed by atoms with E-state index in [4.69, 9.17) is 0 Å². The smallest absolute Gasteiger partial charge is 0.246 e. The Kier molecular flexibility index (Phi) is 5.81. The van der Waals surface area contributed by atoms with Crippen LogP contribution in [0.3, 0.4) is 0 Å². The maximum atomic E-state index is 13.2. The van der Waals surface area contributed by atoms with Gasteiger partial charge in [0.15, 0.2) is 4.91 Å². The normalized spacial score (nSPS) is 19.7. The molecule has 3 rings (SSSR count). The molecule has 1 aromatic rings. The van der Waals surface area contributed by atoms with Gasteiger partial charge in [-0.15, -0.1) is 0 Å². The quantitative estimate of drug-likeness (QED) is 0.836. The molecule has 0 saturated carbocycles. The van der Waals surface area contributed by atoms with E-state index in [0.717, 1.165) is 25.7 Å². The molecular formula is C20H26N2O4S. The van der Waals surface area contributed by atoms with Crippen LogP contribution in [0.5, 0.6) is 0 Å². The molecule has 1 aliphatic carbocycles. The number of hydrogen-bond acceptors (Lipinski definition) is 5. The SMILES string of the molecule is CCC(C)NS(=O)(=O)C1=C(N2CCCCCC2)C(=O)c2ccccc2C1=O. The van der Waals surface area contributed by atoms with Crippen LogP contribution in [0.15, 0.2) is 34.9 Å². The van der Waals surface area contributed by atoms with Crippen molar-refractivity contribution in [1.82, 2.24) is 9.62 Å². The van der Waals surface area contributed by atoms with Crippen LogP contribution in [0.4, 0.5) is 0 Å². The summed E-state index contributed by atoms with van der Waals surface area (Å²) < 4.78 is 28.7. The highest BCUT2D eigenvalue weighted by Gasteiger charge is 2.41. The highest BCUT2D eigenvalue weighted by molar-refractivity contribution is 7.94. The number of nitrogens with one attached hydrogen (secondary N) is 1. The van der Waals surface area contributed by atoms with E-state index in [0.29, 0.717) is 19.5 Å². The Morgan fingerprint density at radius 2 is 1.56 bits per heavy atom. The predicted octanol–water partition coefficient (Wildman–Crippen LogP) is 2.87. The van der Waals surface area contributed by atoms with Gasteiger partial charge in [-0.05, 0) is 26.2 Å². The zero-order chi connectivity index (χ0) is 19.6. The molecule has 1 aromatic carbocycles. The number of rotatable bonds is 5. The molecule has 1 fully saturated rings. The molecule has 0 amide bonds. The molecule has 0 aromatic heterocycles. The minimum Gasteiger partial charge on any atom is -0.367 e. The van der Waals surface area contributed by atoms with Crippen LogP contribution in [0, 0.1) is 0 Å². The predicted molar refractivity (Wildman–Crippen MR) is 104 cm³/mol. The van der Waals surface area contributed by atoms with Crippen molar-refractivity contribution in [2.24, 2.45) is 0 Å². The summed E-state index contributed by atoms with van der Waals surface area (Å²) in [4.78, 5) is 27.8. The molecule has 1 aliphatic heterocycles. The van der Waals surface area contributed by atoms with Gasteiger partial charge in [0.05, 0.1) is 0 Å². The summed E-state index contributed by atoms with van der Waals surface area (Å²) in [5.41, 5.74) is 0.478. The van der Waals surface area contributed by atoms with Crippen LogP contribution >= 0.6 is 0 Å². The molecule has 1 saturated heterocycles. The number of allylic oxidation sites excluding steroid dienone is 2. The molecule has 0 bridgehead atoms. The summed E-state index contributed by atoms with van der Waals surface area (Å²) >= 11 is 0. The summed E-state index contributed by atoms with van der Waals surface area (Å²) in [5.74, 6) is -0.975. The van der Waals surface area contributed by atoms with Crippen molar-refractivity contribution in [3.8, 4) is 0 Å². The van der Waals surface area contributed by atoms with Crippen LogP contribution < -0.4 is 4.72 Å². The number of likely N-dealkylation sites (tertiary alicyclic amines) is 1. The molecule has 7 heteroatoms. The Hall–Kier alpha value is -1.99. The van der Waals surface area contributed by atoms with E-state index in [2.05, 4.69) is 4.72 Å². The maximum absolute atomic E-state index is 13.2. The molecule has 1 atom stereocenters. The van der Waals surface area contributed by atoms with Gasteiger partial charge in [0.25, 0.3) is 0 Å². The first-order valence-electron chi connectivity index (χ1n) is 9.56. The van der Waals surface area contributed by atoms with E-state index in [1.165, 1.54) is 6.07 Å². The Morgan fingerprint density at radius 1 is 1.00 bits per heavy atom. The number of Topliss-reactive ketones (excluding diaryl/α,β-unsaturated/α-hetero) is 2. The third-order valence-corrected chi connectivity index (χ3v) is 6.84. The first-order valence-corrected chi connectivity index (χ1v) is 11.0. The summed E-state index contributed by atoms with van der Waals surface area (Å²) in [6, 6.07) is 6.13. The lowest BCUT2D eigenvalue weighted by Crippen LogP contribution is -2.42. The van der Waals surface area contributed by atoms with Crippen LogP contribution in [0.1, 0.15) is 66.7 Å². The largest absolute Gasteiger partial charge is 0.367 e. The molecular weight excluding hydrogens is 364 g/mol. The second kappa shape index (κ2) is 7.94. The summed E-state index contributed by atoms with van der Waals surface area (Å²) in [6.07, 6.45) is 4.41. The highest BCUT2D eigenvalue weighted by atomic mass is 32.2. The zero-order valence-corrected chi connectivity index (χ0v) is 16.6. The van der Waals surface area contributed by atoms with Crippen LogP contribution in [-0.2, 0) is 10.0 Å². The lowest BCUT2D eigenvalue weighted by atomic mass is 9.91. The van der Waals surface area contributed by atoms with E-state index in [1.54, 1.807) is 30.0 Å². The van der Waals surface area contributed by atoms with Gasteiger partial charge in [0.2, 0.25) is 21.6 Å². The first-order chi connectivity index (χ1) is 12.9. The Balaban J connectivity index is 2.18. The minimum absolute atomic E-state index is 0.0383. The van der Waals surface area contributed by atoms with Crippen LogP contribution in [0.2, 0.25) is 0 Å². The number of fused-ring (bicyclic) bond motifs is 1. The molecule has 2 aliphatic rings. The minimum atomic E-state index is -4.11. The van der Waals surface area contributed by atoms with Crippen molar-refractivity contribution in [2.75, 3.05) is 13.1 Å². The highest BCUT2D eigenvalue weighted by Crippen LogP contribution is 2.32. The maximum Gasteiger partial charge on any atom is 0.246 e. The van der Waals surface area contributed by atoms with Crippen molar-refractivity contribution in [3.05, 3.63) is 46.0 Å². The second-order valence-electron chi connectivity index (χ2n) is 7.21. The van der Waals surface area contributed by atoms with E-state index >= 15 is 0 Å². The van der Waals surface area contributed by atoms with Crippen LogP contribution in [-0.4, -0.2) is 44.0 Å². The second-order valence-corrected chi connectivity index (χ2v) is 8.86. The monoisotopic (exact) mass is 390 g/mol. The molecule has 1 unspecified atom stereocenters. The topological polar surface area (TPSA) is 83.6 Å². The number of carbonyl (C=O) groups is 2. The number of hydrogen-bond donors (Lipinski definition) is 1. The van der Waals surface area contributed by atoms with E-state index in [1.807, 2.05) is 6.92 Å². The van der Waals surface area contributed by atoms with E-state index in [-0.39, 0.29) is 28.6 Å². The van der Waals surface area contributed by atoms with E-state index in [9.17, 15) is 18.0 Å². The molecule has 146 valence electrons. The van der Waals surface area contributed by atoms with Crippen molar-refractivity contribution < 1.29 is 18.0 Å². The zero-order valence-electron chi connectivity index (χ0n) is 15.8. The van der Waals surface area contributed by atoms with Gasteiger partial charge in [-0.1, -0.05) is 44.0 Å². The number of benzene rings is 1. The Labute approximate surface area is 160 Å². The molecule has 6 nitrogen and oxygen atoms in total. The number of sulfonamides is 1. The van der Waals surface area contributed by atoms with Gasteiger partial charge in [0.1, 0.15) is 5.70 Å². The fourth-order valence-corrected chi connectivity index (χ4v) is 5.22. The standard InChI is InChI=1S/C20H26N2O4S/c1-3-14(2)21-27(25,26)20-17(22-12-8-4-5-9-13-22)18(23)15-10-6-7-11-16(15)19(20)24/h6-7,10-11,14,21H,3-5,8-9,12-13H2,1-2H3. The molecule has 0 radical (unpaired) electrons. The van der Waals surface area contributed by atoms with Gasteiger partial charge < -0.3 is 4.90 Å². The Bertz CT molecular complexity index is 881. The average molecular weight is 391 g/mol. The summed E-state index contributed by atoms with van der Waals surface area (Å²) in [5, 5.41) is 0. The van der Waals surface area contributed by atoms with Crippen molar-refractivity contribution >= 4 is 21.6 Å². The molecule has 1 heterocycles. The fraction of sp³-hybridized carbons (Fsp3) is 0.500. The van der Waals surface area contributed by atoms with Crippen molar-refractivity contribution in [2.45, 2.75) is 52.0 Å². The van der Waals surface area contributed by atoms with Gasteiger partial charge in [-0.25, -0.2) is 13.1 Å². The summed E-state index contributed by atoms with van der Waals surface area (Å²) in [6.45, 7) is 4.77. The van der Waals surface area contributed by atoms with Gasteiger partial charge in [-0.2, -0.15) is 0 Å². The number of carbonyl (C=O) groups excluding carboxylic acids is 2. The van der Waals surface area contributed by atoms with Gasteiger partial charge in [0, 0.05) is 30.3 Å². The third kappa shape index (κ3) is 3.84. The number of nitrogens with zero attached hydrogens (tertiary/aromatic N) is 1. The molecule has 27 heavy (non-hydrogen) atoms. The lowest BCUT2D eigenvalue weighted by Gasteiger charge is -2.30. The number of ketones is 2. The lowest BCUT2D eigenvalue weighted by molar-refractivity contribution is 0.0947.